The number of carbonyl (C=O) groups excluding carboxylic acids is 1. The van der Waals surface area contributed by atoms with E-state index >= 15 is 0 Å². The van der Waals surface area contributed by atoms with E-state index in [0.29, 0.717) is 44.2 Å². The van der Waals surface area contributed by atoms with Crippen LogP contribution in [-0.2, 0) is 10.0 Å². The third kappa shape index (κ3) is 3.26. The third-order valence-corrected chi connectivity index (χ3v) is 5.35. The molecule has 1 aromatic heterocycles. The molecule has 1 aromatic rings. The standard InChI is InChI=1S/C13H20N4O3S/c1-21(19,20)17-6-2-5-16(7-8-17)13(18)12-9-11(14-15-12)10-3-4-10/h9-10H,2-8H2,1H3,(H,14,15). The Labute approximate surface area is 124 Å². The monoisotopic (exact) mass is 312 g/mol. The highest BCUT2D eigenvalue weighted by molar-refractivity contribution is 7.88. The lowest BCUT2D eigenvalue weighted by atomic mass is 10.2. The van der Waals surface area contributed by atoms with Crippen molar-refractivity contribution in [3.63, 3.8) is 0 Å². The van der Waals surface area contributed by atoms with Gasteiger partial charge in [-0.05, 0) is 25.3 Å². The molecule has 3 rings (SSSR count). The normalized spacial score (nSPS) is 21.3. The Balaban J connectivity index is 1.67. The molecule has 2 aliphatic rings. The molecule has 116 valence electrons. The third-order valence-electron chi connectivity index (χ3n) is 4.05. The van der Waals surface area contributed by atoms with Crippen LogP contribution in [0.1, 0.15) is 41.4 Å². The molecule has 0 atom stereocenters. The van der Waals surface area contributed by atoms with E-state index in [1.54, 1.807) is 4.90 Å². The van der Waals surface area contributed by atoms with Gasteiger partial charge in [0.05, 0.1) is 6.26 Å². The predicted octanol–water partition coefficient (Wildman–Crippen LogP) is 0.395. The summed E-state index contributed by atoms with van der Waals surface area (Å²) in [6, 6.07) is 1.83. The highest BCUT2D eigenvalue weighted by Crippen LogP contribution is 2.39. The molecule has 2 fully saturated rings. The molecule has 21 heavy (non-hydrogen) atoms. The van der Waals surface area contributed by atoms with Gasteiger partial charge in [-0.2, -0.15) is 5.10 Å². The lowest BCUT2D eigenvalue weighted by molar-refractivity contribution is 0.0758. The van der Waals surface area contributed by atoms with Crippen molar-refractivity contribution in [1.82, 2.24) is 19.4 Å². The molecule has 1 saturated heterocycles. The van der Waals surface area contributed by atoms with E-state index in [1.807, 2.05) is 6.07 Å². The van der Waals surface area contributed by atoms with Crippen LogP contribution in [0.2, 0.25) is 0 Å². The summed E-state index contributed by atoms with van der Waals surface area (Å²) in [5, 5.41) is 7.04. The molecule has 0 unspecified atom stereocenters. The van der Waals surface area contributed by atoms with Gasteiger partial charge < -0.3 is 4.90 Å². The van der Waals surface area contributed by atoms with Crippen LogP contribution < -0.4 is 0 Å². The van der Waals surface area contributed by atoms with Gasteiger partial charge in [-0.1, -0.05) is 0 Å². The van der Waals surface area contributed by atoms with Crippen molar-refractivity contribution in [2.24, 2.45) is 0 Å². The molecule has 1 aliphatic heterocycles. The fourth-order valence-corrected chi connectivity index (χ4v) is 3.51. The minimum atomic E-state index is -3.19. The Morgan fingerprint density at radius 3 is 2.71 bits per heavy atom. The fraction of sp³-hybridized carbons (Fsp3) is 0.692. The Bertz CT molecular complexity index is 636. The highest BCUT2D eigenvalue weighted by atomic mass is 32.2. The first kappa shape index (κ1) is 14.5. The Hall–Kier alpha value is -1.41. The number of amides is 1. The van der Waals surface area contributed by atoms with Crippen LogP contribution in [-0.4, -0.2) is 66.2 Å². The molecular weight excluding hydrogens is 292 g/mol. The van der Waals surface area contributed by atoms with E-state index in [2.05, 4.69) is 10.2 Å². The van der Waals surface area contributed by atoms with Crippen LogP contribution in [0.15, 0.2) is 6.07 Å². The lowest BCUT2D eigenvalue weighted by Crippen LogP contribution is -2.37. The molecule has 1 aliphatic carbocycles. The second kappa shape index (κ2) is 5.42. The van der Waals surface area contributed by atoms with Crippen molar-refractivity contribution in [1.29, 1.82) is 0 Å². The molecule has 0 aromatic carbocycles. The van der Waals surface area contributed by atoms with Crippen LogP contribution >= 0.6 is 0 Å². The van der Waals surface area contributed by atoms with E-state index in [1.165, 1.54) is 10.6 Å². The van der Waals surface area contributed by atoms with Crippen LogP contribution in [0.25, 0.3) is 0 Å². The molecule has 0 radical (unpaired) electrons. The van der Waals surface area contributed by atoms with Crippen LogP contribution in [0.5, 0.6) is 0 Å². The molecular formula is C13H20N4O3S. The summed E-state index contributed by atoms with van der Waals surface area (Å²) < 4.78 is 24.6. The second-order valence-corrected chi connectivity index (χ2v) is 7.77. The van der Waals surface area contributed by atoms with E-state index in [9.17, 15) is 13.2 Å². The number of H-pyrrole nitrogens is 1. The summed E-state index contributed by atoms with van der Waals surface area (Å²) in [6.07, 6.45) is 4.17. The van der Waals surface area contributed by atoms with Gasteiger partial charge in [0.1, 0.15) is 5.69 Å². The smallest absolute Gasteiger partial charge is 0.274 e. The number of aromatic amines is 1. The molecule has 2 heterocycles. The van der Waals surface area contributed by atoms with Crippen LogP contribution in [0.3, 0.4) is 0 Å². The molecule has 1 amide bonds. The van der Waals surface area contributed by atoms with E-state index in [4.69, 9.17) is 0 Å². The second-order valence-electron chi connectivity index (χ2n) is 5.79. The van der Waals surface area contributed by atoms with Crippen LogP contribution in [0, 0.1) is 0 Å². The van der Waals surface area contributed by atoms with Crippen molar-refractivity contribution >= 4 is 15.9 Å². The Kier molecular flexibility index (Phi) is 3.75. The number of rotatable bonds is 3. The largest absolute Gasteiger partial charge is 0.336 e. The van der Waals surface area contributed by atoms with Gasteiger partial charge in [-0.25, -0.2) is 12.7 Å². The van der Waals surface area contributed by atoms with Gasteiger partial charge >= 0.3 is 0 Å². The summed E-state index contributed by atoms with van der Waals surface area (Å²) >= 11 is 0. The quantitative estimate of drug-likeness (QED) is 0.875. The molecule has 7 nitrogen and oxygen atoms in total. The topological polar surface area (TPSA) is 86.4 Å². The van der Waals surface area contributed by atoms with E-state index < -0.39 is 10.0 Å². The summed E-state index contributed by atoms with van der Waals surface area (Å²) in [4.78, 5) is 14.1. The summed E-state index contributed by atoms with van der Waals surface area (Å²) in [5.74, 6) is 0.414. The molecule has 1 saturated carbocycles. The highest BCUT2D eigenvalue weighted by Gasteiger charge is 2.29. The minimum Gasteiger partial charge on any atom is -0.336 e. The number of nitrogens with one attached hydrogen (secondary N) is 1. The zero-order chi connectivity index (χ0) is 15.0. The first-order chi connectivity index (χ1) is 9.95. The zero-order valence-electron chi connectivity index (χ0n) is 12.1. The van der Waals surface area contributed by atoms with Crippen molar-refractivity contribution in [2.75, 3.05) is 32.4 Å². The number of hydrogen-bond donors (Lipinski definition) is 1. The van der Waals surface area contributed by atoms with Crippen molar-refractivity contribution in [3.05, 3.63) is 17.5 Å². The van der Waals surface area contributed by atoms with E-state index in [0.717, 1.165) is 18.5 Å². The number of hydrogen-bond acceptors (Lipinski definition) is 4. The summed E-state index contributed by atoms with van der Waals surface area (Å²) in [5.41, 5.74) is 1.47. The average molecular weight is 312 g/mol. The molecule has 0 bridgehead atoms. The van der Waals surface area contributed by atoms with Crippen LogP contribution in [0.4, 0.5) is 0 Å². The zero-order valence-corrected chi connectivity index (χ0v) is 12.9. The van der Waals surface area contributed by atoms with Gasteiger partial charge in [0.2, 0.25) is 10.0 Å². The maximum atomic E-state index is 12.4. The Morgan fingerprint density at radius 1 is 1.29 bits per heavy atom. The van der Waals surface area contributed by atoms with Gasteiger partial charge in [0.25, 0.3) is 5.91 Å². The number of carbonyl (C=O) groups is 1. The van der Waals surface area contributed by atoms with Gasteiger partial charge in [-0.15, -0.1) is 0 Å². The van der Waals surface area contributed by atoms with Gasteiger partial charge in [0.15, 0.2) is 0 Å². The molecule has 0 spiro atoms. The van der Waals surface area contributed by atoms with Gasteiger partial charge in [0, 0.05) is 37.8 Å². The lowest BCUT2D eigenvalue weighted by Gasteiger charge is -2.20. The maximum Gasteiger partial charge on any atom is 0.274 e. The fourth-order valence-electron chi connectivity index (χ4n) is 2.64. The maximum absolute atomic E-state index is 12.4. The SMILES string of the molecule is CS(=O)(=O)N1CCCN(C(=O)c2cc(C3CC3)[nH]n2)CC1. The first-order valence-electron chi connectivity index (χ1n) is 7.25. The molecule has 8 heteroatoms. The average Bonchev–Trinajstić information content (AvgIpc) is 3.20. The Morgan fingerprint density at radius 2 is 2.05 bits per heavy atom. The number of aromatic nitrogens is 2. The number of sulfonamides is 1. The summed E-state index contributed by atoms with van der Waals surface area (Å²) in [6.45, 7) is 1.80. The molecule has 1 N–H and O–H groups in total. The van der Waals surface area contributed by atoms with E-state index in [-0.39, 0.29) is 5.91 Å². The first-order valence-corrected chi connectivity index (χ1v) is 9.09. The van der Waals surface area contributed by atoms with Crippen molar-refractivity contribution < 1.29 is 13.2 Å². The predicted molar refractivity (Wildman–Crippen MR) is 77.5 cm³/mol. The van der Waals surface area contributed by atoms with Crippen molar-refractivity contribution in [3.8, 4) is 0 Å². The minimum absolute atomic E-state index is 0.117. The number of nitrogens with zero attached hydrogens (tertiary/aromatic N) is 3. The van der Waals surface area contributed by atoms with Gasteiger partial charge in [-0.3, -0.25) is 9.89 Å². The summed E-state index contributed by atoms with van der Waals surface area (Å²) in [7, 11) is -3.19. The van der Waals surface area contributed by atoms with Crippen molar-refractivity contribution in [2.45, 2.75) is 25.2 Å².